The standard InChI is InChI=1S/C8H11.CH3.2FH.Zr/c1-2-5-8-6-3-4-7-8;;;;/h3-4,6-7H,2,5H2,1H3;1H3;2*1H;/q2*-1;;;+4/p-2. The van der Waals surface area contributed by atoms with Gasteiger partial charge >= 0.3 is 26.2 Å². The third kappa shape index (κ3) is 8.19. The molecule has 0 atom stereocenters. The molecule has 0 aliphatic carbocycles. The second-order valence-electron chi connectivity index (χ2n) is 2.04. The van der Waals surface area contributed by atoms with Crippen molar-refractivity contribution in [1.82, 2.24) is 0 Å². The molecular weight excluding hydrogens is 237 g/mol. The van der Waals surface area contributed by atoms with Gasteiger partial charge in [-0.1, -0.05) is 19.8 Å². The Morgan fingerprint density at radius 3 is 1.83 bits per heavy atom. The van der Waals surface area contributed by atoms with Crippen LogP contribution in [0.1, 0.15) is 18.9 Å². The van der Waals surface area contributed by atoms with Crippen LogP contribution in [-0.2, 0) is 32.6 Å². The number of hydrogen-bond acceptors (Lipinski definition) is 0. The van der Waals surface area contributed by atoms with Gasteiger partial charge in [0.25, 0.3) is 0 Å². The second kappa shape index (κ2) is 13.7. The molecule has 0 aliphatic heterocycles. The second-order valence-corrected chi connectivity index (χ2v) is 2.04. The molecule has 0 fully saturated rings. The first kappa shape index (κ1) is 22.7. The van der Waals surface area contributed by atoms with Gasteiger partial charge in [0, 0.05) is 0 Å². The van der Waals surface area contributed by atoms with E-state index in [0.717, 1.165) is 0 Å². The predicted octanol–water partition coefficient (Wildman–Crippen LogP) is -3.19. The van der Waals surface area contributed by atoms with Crippen LogP contribution in [0, 0.1) is 7.43 Å². The maximum atomic E-state index is 2.20. The van der Waals surface area contributed by atoms with Crippen molar-refractivity contribution in [2.75, 3.05) is 0 Å². The van der Waals surface area contributed by atoms with Gasteiger partial charge in [-0.05, 0) is 0 Å². The first-order valence-electron chi connectivity index (χ1n) is 3.14. The zero-order valence-electron chi connectivity index (χ0n) is 7.48. The maximum Gasteiger partial charge on any atom is 4.00 e. The van der Waals surface area contributed by atoms with Crippen LogP contribution in [0.15, 0.2) is 24.3 Å². The van der Waals surface area contributed by atoms with E-state index in [1.165, 1.54) is 18.4 Å². The van der Waals surface area contributed by atoms with Gasteiger partial charge in [0.05, 0.1) is 0 Å². The number of aryl methyl sites for hydroxylation is 1. The van der Waals surface area contributed by atoms with Crippen LogP contribution >= 0.6 is 0 Å². The molecule has 0 nitrogen and oxygen atoms in total. The van der Waals surface area contributed by atoms with Crippen LogP contribution in [-0.4, -0.2) is 0 Å². The van der Waals surface area contributed by atoms with E-state index in [-0.39, 0.29) is 43.0 Å². The van der Waals surface area contributed by atoms with Gasteiger partial charge in [0.2, 0.25) is 0 Å². The Morgan fingerprint density at radius 1 is 1.08 bits per heavy atom. The molecule has 0 radical (unpaired) electrons. The third-order valence-electron chi connectivity index (χ3n) is 1.27. The molecule has 0 aromatic heterocycles. The minimum Gasteiger partial charge on any atom is -1.00 e. The quantitative estimate of drug-likeness (QED) is 0.486. The fourth-order valence-corrected chi connectivity index (χ4v) is 0.869. The minimum atomic E-state index is 0. The van der Waals surface area contributed by atoms with E-state index in [1.807, 2.05) is 0 Å². The van der Waals surface area contributed by atoms with Crippen molar-refractivity contribution < 1.29 is 35.6 Å². The normalized spacial score (nSPS) is 6.42. The smallest absolute Gasteiger partial charge is 1.00 e. The summed E-state index contributed by atoms with van der Waals surface area (Å²) in [6.07, 6.45) is 2.48. The molecule has 0 unspecified atom stereocenters. The third-order valence-corrected chi connectivity index (χ3v) is 1.27. The van der Waals surface area contributed by atoms with E-state index >= 15 is 0 Å². The number of halogens is 2. The Bertz CT molecular complexity index is 138. The van der Waals surface area contributed by atoms with E-state index in [4.69, 9.17) is 0 Å². The first-order chi connectivity index (χ1) is 3.93. The van der Waals surface area contributed by atoms with E-state index in [1.54, 1.807) is 0 Å². The SMILES string of the molecule is CCC[c-]1cccc1.[CH3-].[F-].[F-].[Zr+4]. The van der Waals surface area contributed by atoms with Gasteiger partial charge in [0.15, 0.2) is 0 Å². The summed E-state index contributed by atoms with van der Waals surface area (Å²) in [7, 11) is 0. The summed E-state index contributed by atoms with van der Waals surface area (Å²) in [5.41, 5.74) is 1.47. The molecule has 1 aromatic carbocycles. The molecule has 0 saturated carbocycles. The van der Waals surface area contributed by atoms with Crippen molar-refractivity contribution in [2.45, 2.75) is 19.8 Å². The Morgan fingerprint density at radius 2 is 1.50 bits per heavy atom. The monoisotopic (exact) mass is 250 g/mol. The van der Waals surface area contributed by atoms with E-state index in [0.29, 0.717) is 0 Å². The van der Waals surface area contributed by atoms with Crippen LogP contribution in [0.2, 0.25) is 0 Å². The van der Waals surface area contributed by atoms with E-state index < -0.39 is 0 Å². The van der Waals surface area contributed by atoms with Crippen LogP contribution < -0.4 is 9.41 Å². The minimum absolute atomic E-state index is 0. The molecule has 0 bridgehead atoms. The summed E-state index contributed by atoms with van der Waals surface area (Å²) >= 11 is 0. The van der Waals surface area contributed by atoms with Crippen molar-refractivity contribution in [1.29, 1.82) is 0 Å². The van der Waals surface area contributed by atoms with Gasteiger partial charge < -0.3 is 16.8 Å². The first-order valence-corrected chi connectivity index (χ1v) is 3.14. The molecule has 0 heterocycles. The molecular formula is C9H14F2Zr. The van der Waals surface area contributed by atoms with Gasteiger partial charge in [0.1, 0.15) is 0 Å². The summed E-state index contributed by atoms with van der Waals surface area (Å²) in [6.45, 7) is 2.20. The van der Waals surface area contributed by atoms with E-state index in [9.17, 15) is 0 Å². The summed E-state index contributed by atoms with van der Waals surface area (Å²) in [4.78, 5) is 0. The number of hydrogen-bond donors (Lipinski definition) is 0. The van der Waals surface area contributed by atoms with Crippen molar-refractivity contribution in [2.24, 2.45) is 0 Å². The molecule has 3 heteroatoms. The Hall–Kier alpha value is 0.0931. The van der Waals surface area contributed by atoms with Crippen LogP contribution in [0.4, 0.5) is 0 Å². The van der Waals surface area contributed by atoms with Crippen molar-refractivity contribution in [3.05, 3.63) is 37.3 Å². The van der Waals surface area contributed by atoms with Gasteiger partial charge in [-0.15, -0.1) is 0 Å². The average Bonchev–Trinajstić information content (AvgIpc) is 2.19. The molecule has 0 saturated heterocycles. The molecule has 68 valence electrons. The fraction of sp³-hybridized carbons (Fsp3) is 0.333. The molecule has 0 N–H and O–H groups in total. The average molecular weight is 251 g/mol. The van der Waals surface area contributed by atoms with Crippen LogP contribution in [0.25, 0.3) is 0 Å². The molecule has 0 aliphatic rings. The van der Waals surface area contributed by atoms with Gasteiger partial charge in [-0.3, -0.25) is 0 Å². The van der Waals surface area contributed by atoms with Crippen LogP contribution in [0.5, 0.6) is 0 Å². The van der Waals surface area contributed by atoms with Crippen molar-refractivity contribution >= 4 is 0 Å². The molecule has 1 rings (SSSR count). The molecule has 12 heavy (non-hydrogen) atoms. The maximum absolute atomic E-state index is 2.20. The molecule has 0 spiro atoms. The predicted molar refractivity (Wildman–Crippen MR) is 42.4 cm³/mol. The van der Waals surface area contributed by atoms with Gasteiger partial charge in [-0.25, -0.2) is 12.1 Å². The molecule has 1 aromatic rings. The van der Waals surface area contributed by atoms with Crippen molar-refractivity contribution in [3.63, 3.8) is 0 Å². The largest absolute Gasteiger partial charge is 4.00 e. The molecule has 0 amide bonds. The topological polar surface area (TPSA) is 0 Å². The van der Waals surface area contributed by atoms with E-state index in [2.05, 4.69) is 31.2 Å². The summed E-state index contributed by atoms with van der Waals surface area (Å²) < 4.78 is 0. The summed E-state index contributed by atoms with van der Waals surface area (Å²) in [5, 5.41) is 0. The van der Waals surface area contributed by atoms with Crippen LogP contribution in [0.3, 0.4) is 0 Å². The zero-order valence-corrected chi connectivity index (χ0v) is 9.94. The Labute approximate surface area is 92.6 Å². The van der Waals surface area contributed by atoms with Gasteiger partial charge in [-0.2, -0.15) is 17.7 Å². The summed E-state index contributed by atoms with van der Waals surface area (Å²) in [6, 6.07) is 8.52. The fourth-order valence-electron chi connectivity index (χ4n) is 0.869. The Balaban J connectivity index is -0.0000000800. The summed E-state index contributed by atoms with van der Waals surface area (Å²) in [5.74, 6) is 0. The Kier molecular flexibility index (Phi) is 25.9. The zero-order chi connectivity index (χ0) is 5.82. The van der Waals surface area contributed by atoms with Crippen molar-refractivity contribution in [3.8, 4) is 0 Å². The number of rotatable bonds is 2.